The van der Waals surface area contributed by atoms with Gasteiger partial charge in [0.05, 0.1) is 6.61 Å². The Labute approximate surface area is 204 Å². The first-order chi connectivity index (χ1) is 16.3. The molecule has 3 unspecified atom stereocenters. The molecule has 3 atom stereocenters. The summed E-state index contributed by atoms with van der Waals surface area (Å²) >= 11 is 0. The molecule has 0 radical (unpaired) electrons. The van der Waals surface area contributed by atoms with Crippen LogP contribution >= 0.6 is 0 Å². The molecule has 1 aliphatic rings. The number of nitrogens with zero attached hydrogens (tertiary/aromatic N) is 1. The Morgan fingerprint density at radius 3 is 2.37 bits per heavy atom. The average molecular weight is 494 g/mol. The summed E-state index contributed by atoms with van der Waals surface area (Å²) in [6.45, 7) is 5.57. The minimum Gasteiger partial charge on any atom is -0.508 e. The highest BCUT2D eigenvalue weighted by Crippen LogP contribution is 2.33. The van der Waals surface area contributed by atoms with Crippen LogP contribution in [0.3, 0.4) is 0 Å². The summed E-state index contributed by atoms with van der Waals surface area (Å²) in [6.07, 6.45) is 0.648. The zero-order valence-electron chi connectivity index (χ0n) is 20.5. The largest absolute Gasteiger partial charge is 0.508 e. The number of phenols is 1. The van der Waals surface area contributed by atoms with Crippen molar-refractivity contribution < 1.29 is 39.2 Å². The van der Waals surface area contributed by atoms with E-state index in [2.05, 4.69) is 10.6 Å². The third kappa shape index (κ3) is 8.22. The standard InChI is InChI=1S/C24H35N3O8/c1-24(2,3)12-19(29)25-16(22(31)32)9-11-35-13-17(23(33)34)26-21(30)20-15-6-5-7-18(28)14(15)8-10-27(20)4/h5-7,16-17,20,28H,8-13H2,1-4H3,(H,25,29)(H,26,30)(H,31,32)(H,33,34). The number of carbonyl (C=O) groups excluding carboxylic acids is 2. The summed E-state index contributed by atoms with van der Waals surface area (Å²) in [5.74, 6) is -3.38. The number of aliphatic carboxylic acids is 2. The molecule has 1 aromatic rings. The molecule has 0 bridgehead atoms. The molecular weight excluding hydrogens is 458 g/mol. The molecule has 2 amide bonds. The highest BCUT2D eigenvalue weighted by molar-refractivity contribution is 5.88. The van der Waals surface area contributed by atoms with Gasteiger partial charge in [-0.1, -0.05) is 32.9 Å². The number of benzene rings is 1. The van der Waals surface area contributed by atoms with Gasteiger partial charge in [0, 0.05) is 31.6 Å². The first kappa shape index (κ1) is 28.1. The third-order valence-electron chi connectivity index (χ3n) is 5.66. The predicted molar refractivity (Wildman–Crippen MR) is 126 cm³/mol. The second kappa shape index (κ2) is 12.0. The molecule has 2 rings (SSSR count). The van der Waals surface area contributed by atoms with E-state index < -0.39 is 41.9 Å². The molecule has 0 aliphatic carbocycles. The molecule has 1 heterocycles. The first-order valence-electron chi connectivity index (χ1n) is 11.4. The fourth-order valence-corrected chi connectivity index (χ4v) is 3.93. The number of aromatic hydroxyl groups is 1. The van der Waals surface area contributed by atoms with Crippen molar-refractivity contribution in [3.8, 4) is 5.75 Å². The van der Waals surface area contributed by atoms with Gasteiger partial charge in [0.2, 0.25) is 11.8 Å². The number of carboxylic acids is 2. The number of ether oxygens (including phenoxy) is 1. The maximum atomic E-state index is 13.0. The number of rotatable bonds is 11. The van der Waals surface area contributed by atoms with Crippen molar-refractivity contribution >= 4 is 23.8 Å². The van der Waals surface area contributed by atoms with E-state index in [9.17, 15) is 34.5 Å². The van der Waals surface area contributed by atoms with Crippen LogP contribution in [0.15, 0.2) is 18.2 Å². The summed E-state index contributed by atoms with van der Waals surface area (Å²) in [5, 5.41) is 33.9. The van der Waals surface area contributed by atoms with E-state index in [1.165, 1.54) is 0 Å². The van der Waals surface area contributed by atoms with Crippen molar-refractivity contribution in [2.75, 3.05) is 26.8 Å². The second-order valence-electron chi connectivity index (χ2n) is 9.94. The van der Waals surface area contributed by atoms with Crippen LogP contribution in [0.5, 0.6) is 5.75 Å². The summed E-state index contributed by atoms with van der Waals surface area (Å²) in [4.78, 5) is 50.0. The molecule has 0 spiro atoms. The van der Waals surface area contributed by atoms with Crippen molar-refractivity contribution in [1.82, 2.24) is 15.5 Å². The summed E-state index contributed by atoms with van der Waals surface area (Å²) in [6, 6.07) is 1.58. The predicted octanol–water partition coefficient (Wildman–Crippen LogP) is 0.903. The lowest BCUT2D eigenvalue weighted by molar-refractivity contribution is -0.145. The van der Waals surface area contributed by atoms with Crippen LogP contribution in [-0.4, -0.2) is 82.9 Å². The lowest BCUT2D eigenvalue weighted by Gasteiger charge is -2.34. The molecule has 0 saturated heterocycles. The summed E-state index contributed by atoms with van der Waals surface area (Å²) in [7, 11) is 1.74. The van der Waals surface area contributed by atoms with Crippen molar-refractivity contribution in [2.45, 2.75) is 58.2 Å². The Balaban J connectivity index is 1.94. The van der Waals surface area contributed by atoms with Gasteiger partial charge in [0.25, 0.3) is 0 Å². The number of carbonyl (C=O) groups is 4. The Morgan fingerprint density at radius 2 is 1.77 bits per heavy atom. The highest BCUT2D eigenvalue weighted by atomic mass is 16.5. The summed E-state index contributed by atoms with van der Waals surface area (Å²) < 4.78 is 5.36. The van der Waals surface area contributed by atoms with Crippen molar-refractivity contribution in [2.24, 2.45) is 5.41 Å². The van der Waals surface area contributed by atoms with Gasteiger partial charge in [-0.05, 0) is 30.5 Å². The number of hydrogen-bond donors (Lipinski definition) is 5. The minimum absolute atomic E-state index is 0.0660. The molecule has 11 heteroatoms. The molecule has 1 aliphatic heterocycles. The maximum absolute atomic E-state index is 13.0. The van der Waals surface area contributed by atoms with Crippen LogP contribution in [0.4, 0.5) is 0 Å². The van der Waals surface area contributed by atoms with Crippen LogP contribution in [0.2, 0.25) is 0 Å². The van der Waals surface area contributed by atoms with E-state index in [0.29, 0.717) is 24.1 Å². The molecule has 194 valence electrons. The number of amides is 2. The van der Waals surface area contributed by atoms with Crippen molar-refractivity contribution in [3.05, 3.63) is 29.3 Å². The number of likely N-dealkylation sites (N-methyl/N-ethyl adjacent to an activating group) is 1. The van der Waals surface area contributed by atoms with E-state index >= 15 is 0 Å². The van der Waals surface area contributed by atoms with Gasteiger partial charge < -0.3 is 30.7 Å². The lowest BCUT2D eigenvalue weighted by atomic mass is 9.91. The fourth-order valence-electron chi connectivity index (χ4n) is 3.93. The van der Waals surface area contributed by atoms with Gasteiger partial charge in [0.1, 0.15) is 17.8 Å². The van der Waals surface area contributed by atoms with Gasteiger partial charge in [-0.15, -0.1) is 0 Å². The van der Waals surface area contributed by atoms with Crippen molar-refractivity contribution in [1.29, 1.82) is 0 Å². The van der Waals surface area contributed by atoms with Gasteiger partial charge in [-0.3, -0.25) is 14.5 Å². The van der Waals surface area contributed by atoms with Crippen LogP contribution in [0, 0.1) is 5.41 Å². The quantitative estimate of drug-likeness (QED) is 0.282. The Morgan fingerprint density at radius 1 is 1.11 bits per heavy atom. The number of hydrogen-bond acceptors (Lipinski definition) is 7. The Kier molecular flexibility index (Phi) is 9.61. The zero-order chi connectivity index (χ0) is 26.3. The third-order valence-corrected chi connectivity index (χ3v) is 5.66. The molecule has 1 aromatic carbocycles. The zero-order valence-corrected chi connectivity index (χ0v) is 20.5. The van der Waals surface area contributed by atoms with Crippen LogP contribution < -0.4 is 10.6 Å². The van der Waals surface area contributed by atoms with Gasteiger partial charge >= 0.3 is 11.9 Å². The Hall–Kier alpha value is -3.18. The van der Waals surface area contributed by atoms with Crippen LogP contribution in [0.25, 0.3) is 0 Å². The van der Waals surface area contributed by atoms with Gasteiger partial charge in [-0.2, -0.15) is 0 Å². The van der Waals surface area contributed by atoms with E-state index in [1.807, 2.05) is 20.8 Å². The molecule has 0 aromatic heterocycles. The van der Waals surface area contributed by atoms with E-state index in [1.54, 1.807) is 30.1 Å². The average Bonchev–Trinajstić information content (AvgIpc) is 2.73. The maximum Gasteiger partial charge on any atom is 0.328 e. The topological polar surface area (TPSA) is 165 Å². The normalized spacial score (nSPS) is 17.7. The Bertz CT molecular complexity index is 943. The smallest absolute Gasteiger partial charge is 0.328 e. The molecule has 0 saturated carbocycles. The van der Waals surface area contributed by atoms with E-state index in [4.69, 9.17) is 4.74 Å². The number of phenolic OH excluding ortho intramolecular Hbond substituents is 1. The number of nitrogens with one attached hydrogen (secondary N) is 2. The van der Waals surface area contributed by atoms with Crippen molar-refractivity contribution in [3.63, 3.8) is 0 Å². The fraction of sp³-hybridized carbons (Fsp3) is 0.583. The monoisotopic (exact) mass is 493 g/mol. The first-order valence-corrected chi connectivity index (χ1v) is 11.4. The molecule has 11 nitrogen and oxygen atoms in total. The minimum atomic E-state index is -1.36. The SMILES string of the molecule is CN1CCc2c(O)cccc2C1C(=O)NC(COCCC(NC(=O)CC(C)(C)C)C(=O)O)C(=O)O. The summed E-state index contributed by atoms with van der Waals surface area (Å²) in [5.41, 5.74) is 0.959. The van der Waals surface area contributed by atoms with Crippen LogP contribution in [-0.2, 0) is 30.3 Å². The second-order valence-corrected chi connectivity index (χ2v) is 9.94. The molecule has 35 heavy (non-hydrogen) atoms. The lowest BCUT2D eigenvalue weighted by Crippen LogP contribution is -2.50. The van der Waals surface area contributed by atoms with E-state index in [0.717, 1.165) is 0 Å². The molecular formula is C24H35N3O8. The van der Waals surface area contributed by atoms with Gasteiger partial charge in [0.15, 0.2) is 6.04 Å². The van der Waals surface area contributed by atoms with Crippen LogP contribution in [0.1, 0.15) is 50.8 Å². The molecule has 5 N–H and O–H groups in total. The number of fused-ring (bicyclic) bond motifs is 1. The van der Waals surface area contributed by atoms with Gasteiger partial charge in [-0.25, -0.2) is 9.59 Å². The number of carboxylic acid groups (broad SMARTS) is 2. The molecule has 0 fully saturated rings. The highest BCUT2D eigenvalue weighted by Gasteiger charge is 2.34. The van der Waals surface area contributed by atoms with E-state index in [-0.39, 0.29) is 37.2 Å².